The van der Waals surface area contributed by atoms with Crippen molar-refractivity contribution in [1.29, 1.82) is 0 Å². The van der Waals surface area contributed by atoms with Crippen molar-refractivity contribution < 1.29 is 9.47 Å². The quantitative estimate of drug-likeness (QED) is 0.585. The van der Waals surface area contributed by atoms with E-state index in [9.17, 15) is 0 Å². The fourth-order valence-electron chi connectivity index (χ4n) is 5.29. The molecule has 28 heavy (non-hydrogen) atoms. The van der Waals surface area contributed by atoms with Crippen LogP contribution in [0.5, 0.6) is 0 Å². The van der Waals surface area contributed by atoms with Gasteiger partial charge in [-0.05, 0) is 77.5 Å². The van der Waals surface area contributed by atoms with Crippen molar-refractivity contribution in [3.8, 4) is 0 Å². The third kappa shape index (κ3) is 8.30. The Kier molecular flexibility index (Phi) is 11.2. The summed E-state index contributed by atoms with van der Waals surface area (Å²) in [6.45, 7) is 9.02. The SMILES string of the molecule is C1CCCCOC[C@H]2CCCN2CCCCCCN2CCC[C@@H]2COCCC1. The summed E-state index contributed by atoms with van der Waals surface area (Å²) in [6.07, 6.45) is 18.8. The number of ether oxygens (including phenoxy) is 2. The second kappa shape index (κ2) is 14.0. The Balaban J connectivity index is 1.37. The second-order valence-corrected chi connectivity index (χ2v) is 9.35. The molecule has 4 nitrogen and oxygen atoms in total. The summed E-state index contributed by atoms with van der Waals surface area (Å²) < 4.78 is 12.1. The van der Waals surface area contributed by atoms with Crippen LogP contribution in [-0.4, -0.2) is 74.5 Å². The average Bonchev–Trinajstić information content (AvgIpc) is 3.34. The summed E-state index contributed by atoms with van der Waals surface area (Å²) >= 11 is 0. The maximum atomic E-state index is 6.03. The Morgan fingerprint density at radius 2 is 0.821 bits per heavy atom. The lowest BCUT2D eigenvalue weighted by Crippen LogP contribution is -2.34. The standard InChI is InChI=1S/C24H46N2O2/c1-2-6-10-20-28-22-24-14-12-18-26(24)16-8-4-3-7-15-25-17-11-13-23(25)21-27-19-9-5-1/h23-24H,1-22H2/t23-,24-/m1/s1. The first-order chi connectivity index (χ1) is 13.9. The maximum absolute atomic E-state index is 6.03. The van der Waals surface area contributed by atoms with Gasteiger partial charge in [0.15, 0.2) is 0 Å². The molecule has 0 saturated carbocycles. The fraction of sp³-hybridized carbons (Fsp3) is 1.00. The minimum absolute atomic E-state index is 0.697. The zero-order chi connectivity index (χ0) is 19.3. The van der Waals surface area contributed by atoms with Crippen molar-refractivity contribution in [2.75, 3.05) is 52.6 Å². The van der Waals surface area contributed by atoms with Gasteiger partial charge >= 0.3 is 0 Å². The van der Waals surface area contributed by atoms with E-state index in [1.165, 1.54) is 116 Å². The third-order valence-corrected chi connectivity index (χ3v) is 7.09. The van der Waals surface area contributed by atoms with Crippen molar-refractivity contribution >= 4 is 0 Å². The highest BCUT2D eigenvalue weighted by atomic mass is 16.5. The number of nitrogens with zero attached hydrogens (tertiary/aromatic N) is 2. The first-order valence-electron chi connectivity index (χ1n) is 12.6. The molecule has 0 unspecified atom stereocenters. The lowest BCUT2D eigenvalue weighted by atomic mass is 10.1. The monoisotopic (exact) mass is 394 g/mol. The molecular weight excluding hydrogens is 348 g/mol. The average molecular weight is 395 g/mol. The fourth-order valence-corrected chi connectivity index (χ4v) is 5.29. The van der Waals surface area contributed by atoms with Gasteiger partial charge in [-0.2, -0.15) is 0 Å². The molecule has 0 amide bonds. The summed E-state index contributed by atoms with van der Waals surface area (Å²) in [6, 6.07) is 1.39. The maximum Gasteiger partial charge on any atom is 0.0621 e. The van der Waals surface area contributed by atoms with E-state index >= 15 is 0 Å². The van der Waals surface area contributed by atoms with Crippen LogP contribution in [0.1, 0.15) is 89.9 Å². The first-order valence-corrected chi connectivity index (χ1v) is 12.6. The van der Waals surface area contributed by atoms with Crippen molar-refractivity contribution in [3.05, 3.63) is 0 Å². The van der Waals surface area contributed by atoms with Crippen molar-refractivity contribution in [3.63, 3.8) is 0 Å². The summed E-state index contributed by atoms with van der Waals surface area (Å²) in [5.74, 6) is 0. The Bertz CT molecular complexity index is 357. The molecule has 3 heterocycles. The van der Waals surface area contributed by atoms with E-state index in [4.69, 9.17) is 9.47 Å². The Morgan fingerprint density at radius 3 is 1.32 bits per heavy atom. The minimum Gasteiger partial charge on any atom is -0.380 e. The van der Waals surface area contributed by atoms with Crippen molar-refractivity contribution in [2.24, 2.45) is 0 Å². The highest BCUT2D eigenvalue weighted by molar-refractivity contribution is 4.80. The second-order valence-electron chi connectivity index (χ2n) is 9.35. The molecular formula is C24H46N2O2. The van der Waals surface area contributed by atoms with Gasteiger partial charge in [0.05, 0.1) is 13.2 Å². The lowest BCUT2D eigenvalue weighted by molar-refractivity contribution is 0.0711. The van der Waals surface area contributed by atoms with Gasteiger partial charge in [0, 0.05) is 25.3 Å². The van der Waals surface area contributed by atoms with Crippen LogP contribution in [-0.2, 0) is 9.47 Å². The van der Waals surface area contributed by atoms with Crippen LogP contribution in [0.4, 0.5) is 0 Å². The molecule has 3 aliphatic rings. The van der Waals surface area contributed by atoms with Gasteiger partial charge in [-0.15, -0.1) is 0 Å². The van der Waals surface area contributed by atoms with Crippen LogP contribution < -0.4 is 0 Å². The Labute approximate surface area is 174 Å². The third-order valence-electron chi connectivity index (χ3n) is 7.09. The van der Waals surface area contributed by atoms with E-state index in [1.807, 2.05) is 0 Å². The number of fused-ring (bicyclic) bond motifs is 2. The van der Waals surface area contributed by atoms with E-state index in [1.54, 1.807) is 0 Å². The van der Waals surface area contributed by atoms with E-state index in [-0.39, 0.29) is 0 Å². The van der Waals surface area contributed by atoms with Gasteiger partial charge in [-0.3, -0.25) is 9.80 Å². The molecule has 3 aliphatic heterocycles. The van der Waals surface area contributed by atoms with Gasteiger partial charge in [0.25, 0.3) is 0 Å². The van der Waals surface area contributed by atoms with E-state index in [0.717, 1.165) is 26.4 Å². The van der Waals surface area contributed by atoms with Crippen LogP contribution in [0.15, 0.2) is 0 Å². The molecule has 3 rings (SSSR count). The first kappa shape index (κ1) is 22.5. The minimum atomic E-state index is 0.697. The normalized spacial score (nSPS) is 32.1. The molecule has 0 aromatic heterocycles. The molecule has 0 aromatic carbocycles. The molecule has 3 saturated heterocycles. The number of hydrogen-bond donors (Lipinski definition) is 0. The molecule has 0 N–H and O–H groups in total. The summed E-state index contributed by atoms with van der Waals surface area (Å²) in [5.41, 5.74) is 0. The lowest BCUT2D eigenvalue weighted by Gasteiger charge is -2.25. The van der Waals surface area contributed by atoms with Gasteiger partial charge in [0.2, 0.25) is 0 Å². The largest absolute Gasteiger partial charge is 0.380 e. The number of hydrogen-bond acceptors (Lipinski definition) is 4. The topological polar surface area (TPSA) is 24.9 Å². The van der Waals surface area contributed by atoms with Gasteiger partial charge in [-0.1, -0.05) is 38.5 Å². The molecule has 4 heteroatoms. The van der Waals surface area contributed by atoms with Gasteiger partial charge in [-0.25, -0.2) is 0 Å². The molecule has 0 aromatic rings. The predicted octanol–water partition coefficient (Wildman–Crippen LogP) is 4.86. The molecule has 164 valence electrons. The molecule has 0 aliphatic carbocycles. The summed E-state index contributed by atoms with van der Waals surface area (Å²) in [5, 5.41) is 0. The van der Waals surface area contributed by atoms with E-state index in [2.05, 4.69) is 9.80 Å². The van der Waals surface area contributed by atoms with Crippen LogP contribution in [0, 0.1) is 0 Å². The highest BCUT2D eigenvalue weighted by Crippen LogP contribution is 2.21. The van der Waals surface area contributed by atoms with Crippen LogP contribution in [0.2, 0.25) is 0 Å². The Morgan fingerprint density at radius 1 is 0.429 bits per heavy atom. The van der Waals surface area contributed by atoms with Gasteiger partial charge < -0.3 is 9.47 Å². The smallest absolute Gasteiger partial charge is 0.0621 e. The van der Waals surface area contributed by atoms with E-state index in [0.29, 0.717) is 12.1 Å². The van der Waals surface area contributed by atoms with Crippen LogP contribution in [0.25, 0.3) is 0 Å². The van der Waals surface area contributed by atoms with Gasteiger partial charge in [0.1, 0.15) is 0 Å². The molecule has 0 spiro atoms. The molecule has 0 bridgehead atoms. The zero-order valence-electron chi connectivity index (χ0n) is 18.4. The van der Waals surface area contributed by atoms with Crippen LogP contribution >= 0.6 is 0 Å². The molecule has 0 radical (unpaired) electrons. The van der Waals surface area contributed by atoms with Crippen molar-refractivity contribution in [2.45, 2.75) is 102 Å². The van der Waals surface area contributed by atoms with E-state index < -0.39 is 0 Å². The molecule has 3 fully saturated rings. The summed E-state index contributed by atoms with van der Waals surface area (Å²) in [4.78, 5) is 5.42. The van der Waals surface area contributed by atoms with Crippen molar-refractivity contribution in [1.82, 2.24) is 9.80 Å². The summed E-state index contributed by atoms with van der Waals surface area (Å²) in [7, 11) is 0. The number of rotatable bonds is 0. The Hall–Kier alpha value is -0.160. The predicted molar refractivity (Wildman–Crippen MR) is 117 cm³/mol. The molecule has 2 atom stereocenters. The van der Waals surface area contributed by atoms with Crippen LogP contribution in [0.3, 0.4) is 0 Å². The highest BCUT2D eigenvalue weighted by Gasteiger charge is 2.25. The zero-order valence-corrected chi connectivity index (χ0v) is 18.4.